The Morgan fingerprint density at radius 3 is 2.95 bits per heavy atom. The molecule has 0 spiro atoms. The van der Waals surface area contributed by atoms with Crippen LogP contribution in [-0.4, -0.2) is 10.9 Å². The summed E-state index contributed by atoms with van der Waals surface area (Å²) in [6.45, 7) is 2.09. The lowest BCUT2D eigenvalue weighted by Gasteiger charge is -2.17. The number of nitrogen functional groups attached to an aromatic ring is 1. The van der Waals surface area contributed by atoms with Crippen molar-refractivity contribution in [1.82, 2.24) is 10.3 Å². The van der Waals surface area contributed by atoms with Gasteiger partial charge in [0.1, 0.15) is 11.0 Å². The first-order valence-corrected chi connectivity index (χ1v) is 7.63. The molecule has 6 heteroatoms. The fourth-order valence-electron chi connectivity index (χ4n) is 1.95. The minimum absolute atomic E-state index is 0.0145. The molecule has 0 saturated carbocycles. The first-order valence-electron chi connectivity index (χ1n) is 6.37. The smallest absolute Gasteiger partial charge is 0.252 e. The molecular weight excluding hydrogens is 294 g/mol. The fourth-order valence-corrected chi connectivity index (χ4v) is 2.98. The van der Waals surface area contributed by atoms with Crippen molar-refractivity contribution in [3.63, 3.8) is 0 Å². The SMILES string of the molecule is CCCC(NC(=O)c1cc(N)nc(Cl)c1)c1cccs1. The highest BCUT2D eigenvalue weighted by Crippen LogP contribution is 2.24. The summed E-state index contributed by atoms with van der Waals surface area (Å²) >= 11 is 7.46. The van der Waals surface area contributed by atoms with Gasteiger partial charge < -0.3 is 11.1 Å². The van der Waals surface area contributed by atoms with E-state index < -0.39 is 0 Å². The fraction of sp³-hybridized carbons (Fsp3) is 0.286. The van der Waals surface area contributed by atoms with Crippen LogP contribution in [0.4, 0.5) is 5.82 Å². The number of nitrogens with one attached hydrogen (secondary N) is 1. The monoisotopic (exact) mass is 309 g/mol. The molecule has 2 heterocycles. The molecule has 0 aromatic carbocycles. The van der Waals surface area contributed by atoms with E-state index in [-0.39, 0.29) is 22.9 Å². The number of amides is 1. The molecule has 20 heavy (non-hydrogen) atoms. The van der Waals surface area contributed by atoms with Crippen molar-refractivity contribution in [2.24, 2.45) is 0 Å². The zero-order valence-corrected chi connectivity index (χ0v) is 12.7. The molecule has 2 aromatic heterocycles. The van der Waals surface area contributed by atoms with Crippen LogP contribution in [0.25, 0.3) is 0 Å². The number of hydrogen-bond acceptors (Lipinski definition) is 4. The Morgan fingerprint density at radius 2 is 2.35 bits per heavy atom. The topological polar surface area (TPSA) is 68.0 Å². The number of pyridine rings is 1. The number of aromatic nitrogens is 1. The second-order valence-corrected chi connectivity index (χ2v) is 5.80. The lowest BCUT2D eigenvalue weighted by Crippen LogP contribution is -2.28. The van der Waals surface area contributed by atoms with E-state index >= 15 is 0 Å². The number of anilines is 1. The molecule has 0 fully saturated rings. The van der Waals surface area contributed by atoms with Crippen molar-refractivity contribution in [2.75, 3.05) is 5.73 Å². The van der Waals surface area contributed by atoms with Gasteiger partial charge in [0.2, 0.25) is 0 Å². The maximum atomic E-state index is 12.3. The zero-order valence-electron chi connectivity index (χ0n) is 11.1. The van der Waals surface area contributed by atoms with Crippen LogP contribution in [0.3, 0.4) is 0 Å². The largest absolute Gasteiger partial charge is 0.384 e. The summed E-state index contributed by atoms with van der Waals surface area (Å²) in [6.07, 6.45) is 1.88. The van der Waals surface area contributed by atoms with E-state index in [1.165, 1.54) is 12.1 Å². The van der Waals surface area contributed by atoms with Crippen molar-refractivity contribution < 1.29 is 4.79 Å². The summed E-state index contributed by atoms with van der Waals surface area (Å²) in [5.41, 5.74) is 6.04. The van der Waals surface area contributed by atoms with Gasteiger partial charge in [-0.05, 0) is 30.0 Å². The summed E-state index contributed by atoms with van der Waals surface area (Å²) in [5.74, 6) is 0.0543. The number of nitrogens with zero attached hydrogens (tertiary/aromatic N) is 1. The summed E-state index contributed by atoms with van der Waals surface area (Å²) in [4.78, 5) is 17.3. The number of carbonyl (C=O) groups is 1. The van der Waals surface area contributed by atoms with Crippen LogP contribution >= 0.6 is 22.9 Å². The molecule has 2 aromatic rings. The molecule has 2 rings (SSSR count). The van der Waals surface area contributed by atoms with E-state index in [1.807, 2.05) is 17.5 Å². The van der Waals surface area contributed by atoms with Crippen LogP contribution in [-0.2, 0) is 0 Å². The summed E-state index contributed by atoms with van der Waals surface area (Å²) in [7, 11) is 0. The predicted octanol–water partition coefficient (Wildman–Crippen LogP) is 3.65. The standard InChI is InChI=1S/C14H16ClN3OS/c1-2-4-10(11-5-3-6-20-11)17-14(19)9-7-12(15)18-13(16)8-9/h3,5-8,10H,2,4H2,1H3,(H2,16,18)(H,17,19). The third-order valence-corrected chi connectivity index (χ3v) is 4.02. The summed E-state index contributed by atoms with van der Waals surface area (Å²) in [5, 5.41) is 5.25. The molecule has 0 radical (unpaired) electrons. The lowest BCUT2D eigenvalue weighted by molar-refractivity contribution is 0.0935. The third kappa shape index (κ3) is 3.71. The van der Waals surface area contributed by atoms with Gasteiger partial charge in [-0.3, -0.25) is 4.79 Å². The normalized spacial score (nSPS) is 12.1. The molecule has 0 saturated heterocycles. The predicted molar refractivity (Wildman–Crippen MR) is 83.1 cm³/mol. The van der Waals surface area contributed by atoms with Gasteiger partial charge in [0.15, 0.2) is 0 Å². The average Bonchev–Trinajstić information content (AvgIpc) is 2.90. The number of hydrogen-bond donors (Lipinski definition) is 2. The van der Waals surface area contributed by atoms with Gasteiger partial charge in [-0.2, -0.15) is 0 Å². The van der Waals surface area contributed by atoms with Gasteiger partial charge in [-0.25, -0.2) is 4.98 Å². The Labute approximate surface area is 127 Å². The first-order chi connectivity index (χ1) is 9.60. The van der Waals surface area contributed by atoms with Gasteiger partial charge >= 0.3 is 0 Å². The van der Waals surface area contributed by atoms with Gasteiger partial charge in [0, 0.05) is 10.4 Å². The second kappa shape index (κ2) is 6.72. The highest BCUT2D eigenvalue weighted by Gasteiger charge is 2.16. The highest BCUT2D eigenvalue weighted by atomic mass is 35.5. The van der Waals surface area contributed by atoms with Crippen LogP contribution in [0, 0.1) is 0 Å². The zero-order chi connectivity index (χ0) is 14.5. The van der Waals surface area contributed by atoms with Crippen molar-refractivity contribution in [1.29, 1.82) is 0 Å². The molecule has 4 nitrogen and oxygen atoms in total. The molecule has 0 aliphatic carbocycles. The van der Waals surface area contributed by atoms with Crippen molar-refractivity contribution in [3.8, 4) is 0 Å². The van der Waals surface area contributed by atoms with Gasteiger partial charge in [0.05, 0.1) is 6.04 Å². The number of rotatable bonds is 5. The van der Waals surface area contributed by atoms with Gasteiger partial charge in [-0.1, -0.05) is 31.0 Å². The molecule has 0 bridgehead atoms. The van der Waals surface area contributed by atoms with Crippen LogP contribution < -0.4 is 11.1 Å². The Hall–Kier alpha value is -1.59. The molecule has 1 amide bonds. The summed E-state index contributed by atoms with van der Waals surface area (Å²) in [6, 6.07) is 7.07. The minimum Gasteiger partial charge on any atom is -0.384 e. The Morgan fingerprint density at radius 1 is 1.55 bits per heavy atom. The van der Waals surface area contributed by atoms with Crippen LogP contribution in [0.1, 0.15) is 41.0 Å². The van der Waals surface area contributed by atoms with Gasteiger partial charge in [-0.15, -0.1) is 11.3 Å². The van der Waals surface area contributed by atoms with E-state index in [4.69, 9.17) is 17.3 Å². The molecule has 106 valence electrons. The maximum Gasteiger partial charge on any atom is 0.252 e. The Bertz CT molecular complexity index is 566. The average molecular weight is 310 g/mol. The number of carbonyl (C=O) groups excluding carboxylic acids is 1. The van der Waals surface area contributed by atoms with Crippen LogP contribution in [0.2, 0.25) is 5.15 Å². The molecule has 0 aliphatic rings. The third-order valence-electron chi connectivity index (χ3n) is 2.85. The van der Waals surface area contributed by atoms with E-state index in [2.05, 4.69) is 17.2 Å². The maximum absolute atomic E-state index is 12.3. The quantitative estimate of drug-likeness (QED) is 0.828. The van der Waals surface area contributed by atoms with Crippen LogP contribution in [0.15, 0.2) is 29.6 Å². The second-order valence-electron chi connectivity index (χ2n) is 4.43. The molecule has 0 aliphatic heterocycles. The van der Waals surface area contributed by atoms with E-state index in [9.17, 15) is 4.79 Å². The first kappa shape index (κ1) is 14.8. The molecule has 3 N–H and O–H groups in total. The number of nitrogens with two attached hydrogens (primary N) is 1. The molecule has 1 unspecified atom stereocenters. The number of thiophene rings is 1. The van der Waals surface area contributed by atoms with Crippen LogP contribution in [0.5, 0.6) is 0 Å². The molecule has 1 atom stereocenters. The van der Waals surface area contributed by atoms with E-state index in [0.717, 1.165) is 17.7 Å². The van der Waals surface area contributed by atoms with Gasteiger partial charge in [0.25, 0.3) is 5.91 Å². The van der Waals surface area contributed by atoms with Crippen molar-refractivity contribution in [3.05, 3.63) is 45.2 Å². The molecular formula is C14H16ClN3OS. The Kier molecular flexibility index (Phi) is 4.98. The number of halogens is 1. The minimum atomic E-state index is -0.187. The highest BCUT2D eigenvalue weighted by molar-refractivity contribution is 7.10. The van der Waals surface area contributed by atoms with E-state index in [0.29, 0.717) is 5.56 Å². The lowest BCUT2D eigenvalue weighted by atomic mass is 10.1. The Balaban J connectivity index is 2.16. The van der Waals surface area contributed by atoms with Crippen molar-refractivity contribution in [2.45, 2.75) is 25.8 Å². The summed E-state index contributed by atoms with van der Waals surface area (Å²) < 4.78 is 0. The van der Waals surface area contributed by atoms with E-state index in [1.54, 1.807) is 11.3 Å². The van der Waals surface area contributed by atoms with Crippen molar-refractivity contribution >= 4 is 34.7 Å².